The highest BCUT2D eigenvalue weighted by Crippen LogP contribution is 2.33. The van der Waals surface area contributed by atoms with Gasteiger partial charge in [-0.3, -0.25) is 9.78 Å². The molecular formula is C29H30N4O5S. The molecule has 5 aromatic rings. The van der Waals surface area contributed by atoms with E-state index in [1.54, 1.807) is 31.3 Å². The number of aromatic nitrogens is 4. The molecule has 39 heavy (non-hydrogen) atoms. The van der Waals surface area contributed by atoms with Gasteiger partial charge in [-0.15, -0.1) is 0 Å². The minimum absolute atomic E-state index is 0.244. The van der Waals surface area contributed by atoms with E-state index in [0.717, 1.165) is 11.1 Å². The SMILES string of the molecule is COc1cc2nc(Cc3cnc4c(C)c(C)n(S(=O)(=O)c5c(C)cc(C)cc5C)c4c3)[nH]c(=O)c2cc1OC. The van der Waals surface area contributed by atoms with Crippen molar-refractivity contribution in [2.24, 2.45) is 0 Å². The van der Waals surface area contributed by atoms with E-state index in [0.29, 0.717) is 66.5 Å². The summed E-state index contributed by atoms with van der Waals surface area (Å²) in [6.45, 7) is 9.24. The highest BCUT2D eigenvalue weighted by molar-refractivity contribution is 7.90. The number of hydrogen-bond donors (Lipinski definition) is 1. The van der Waals surface area contributed by atoms with Gasteiger partial charge in [0.05, 0.1) is 41.1 Å². The Morgan fingerprint density at radius 3 is 2.21 bits per heavy atom. The highest BCUT2D eigenvalue weighted by Gasteiger charge is 2.27. The molecule has 0 aliphatic carbocycles. The van der Waals surface area contributed by atoms with Crippen molar-refractivity contribution in [1.82, 2.24) is 18.9 Å². The van der Waals surface area contributed by atoms with Gasteiger partial charge in [0.15, 0.2) is 11.5 Å². The lowest BCUT2D eigenvalue weighted by molar-refractivity contribution is 0.355. The maximum atomic E-state index is 14.1. The zero-order chi connectivity index (χ0) is 28.2. The van der Waals surface area contributed by atoms with Gasteiger partial charge >= 0.3 is 0 Å². The first-order valence-electron chi connectivity index (χ1n) is 12.4. The fourth-order valence-corrected chi connectivity index (χ4v) is 7.32. The molecule has 0 fully saturated rings. The van der Waals surface area contributed by atoms with E-state index in [1.165, 1.54) is 18.2 Å². The highest BCUT2D eigenvalue weighted by atomic mass is 32.2. The molecule has 0 bridgehead atoms. The second-order valence-electron chi connectivity index (χ2n) is 9.83. The van der Waals surface area contributed by atoms with Gasteiger partial charge in [0.1, 0.15) is 5.82 Å². The van der Waals surface area contributed by atoms with Crippen LogP contribution in [-0.4, -0.2) is 41.6 Å². The number of nitrogens with one attached hydrogen (secondary N) is 1. The van der Waals surface area contributed by atoms with Crippen molar-refractivity contribution in [3.63, 3.8) is 0 Å². The molecule has 0 atom stereocenters. The van der Waals surface area contributed by atoms with Gasteiger partial charge < -0.3 is 14.5 Å². The molecule has 0 spiro atoms. The summed E-state index contributed by atoms with van der Waals surface area (Å²) in [5.74, 6) is 1.32. The summed E-state index contributed by atoms with van der Waals surface area (Å²) < 4.78 is 40.2. The number of H-pyrrole nitrogens is 1. The van der Waals surface area contributed by atoms with Crippen molar-refractivity contribution in [3.05, 3.63) is 86.2 Å². The first-order valence-corrected chi connectivity index (χ1v) is 13.8. The predicted molar refractivity (Wildman–Crippen MR) is 151 cm³/mol. The predicted octanol–water partition coefficient (Wildman–Crippen LogP) is 4.66. The van der Waals surface area contributed by atoms with Gasteiger partial charge in [0.25, 0.3) is 15.6 Å². The third-order valence-corrected chi connectivity index (χ3v) is 9.19. The first-order chi connectivity index (χ1) is 18.5. The summed E-state index contributed by atoms with van der Waals surface area (Å²) in [5, 5.41) is 0.375. The minimum atomic E-state index is -3.92. The molecule has 5 rings (SSSR count). The molecule has 0 saturated heterocycles. The Labute approximate surface area is 226 Å². The number of fused-ring (bicyclic) bond motifs is 2. The maximum Gasteiger partial charge on any atom is 0.268 e. The quantitative estimate of drug-likeness (QED) is 0.329. The maximum absolute atomic E-state index is 14.1. The third-order valence-electron chi connectivity index (χ3n) is 7.08. The number of pyridine rings is 1. The lowest BCUT2D eigenvalue weighted by atomic mass is 10.1. The summed E-state index contributed by atoms with van der Waals surface area (Å²) in [6, 6.07) is 8.81. The van der Waals surface area contributed by atoms with Crippen LogP contribution in [-0.2, 0) is 16.4 Å². The second kappa shape index (κ2) is 9.53. The largest absolute Gasteiger partial charge is 0.493 e. The van der Waals surface area contributed by atoms with Crippen LogP contribution in [0.2, 0.25) is 0 Å². The summed E-state index contributed by atoms with van der Waals surface area (Å²) in [4.78, 5) is 25.2. The van der Waals surface area contributed by atoms with Crippen LogP contribution < -0.4 is 15.0 Å². The van der Waals surface area contributed by atoms with Crippen molar-refractivity contribution in [3.8, 4) is 11.5 Å². The van der Waals surface area contributed by atoms with Crippen molar-refractivity contribution < 1.29 is 17.9 Å². The fourth-order valence-electron chi connectivity index (χ4n) is 5.31. The van der Waals surface area contributed by atoms with E-state index in [2.05, 4.69) is 15.0 Å². The molecule has 0 aliphatic rings. The number of nitrogens with zero attached hydrogens (tertiary/aromatic N) is 3. The Kier molecular flexibility index (Phi) is 6.46. The second-order valence-corrected chi connectivity index (χ2v) is 11.6. The van der Waals surface area contributed by atoms with Gasteiger partial charge in [0.2, 0.25) is 0 Å². The topological polar surface area (TPSA) is 116 Å². The van der Waals surface area contributed by atoms with Crippen molar-refractivity contribution in [1.29, 1.82) is 0 Å². The standard InChI is InChI=1S/C29H30N4O5S/c1-15-8-16(2)28(17(3)9-15)39(35,36)33-19(5)18(4)27-23(33)10-20(14-30-27)11-26-31-22-13-25(38-7)24(37-6)12-21(22)29(34)32-26/h8-10,12-14H,11H2,1-7H3,(H,31,32,34). The van der Waals surface area contributed by atoms with Crippen molar-refractivity contribution in [2.75, 3.05) is 14.2 Å². The minimum Gasteiger partial charge on any atom is -0.493 e. The van der Waals surface area contributed by atoms with Crippen LogP contribution in [0.5, 0.6) is 11.5 Å². The van der Waals surface area contributed by atoms with E-state index in [-0.39, 0.29) is 12.0 Å². The number of aromatic amines is 1. The van der Waals surface area contributed by atoms with Crippen LogP contribution in [0.25, 0.3) is 21.9 Å². The average molecular weight is 547 g/mol. The molecule has 202 valence electrons. The van der Waals surface area contributed by atoms with Gasteiger partial charge in [0, 0.05) is 24.4 Å². The molecule has 0 saturated carbocycles. The normalized spacial score (nSPS) is 11.9. The summed E-state index contributed by atoms with van der Waals surface area (Å²) in [5.41, 5.74) is 5.74. The fraction of sp³-hybridized carbons (Fsp3) is 0.276. The molecule has 0 amide bonds. The molecule has 3 heterocycles. The Hall–Kier alpha value is -4.18. The Bertz CT molecular complexity index is 1930. The smallest absolute Gasteiger partial charge is 0.268 e. The summed E-state index contributed by atoms with van der Waals surface area (Å²) in [6.07, 6.45) is 1.93. The Morgan fingerprint density at radius 2 is 1.56 bits per heavy atom. The van der Waals surface area contributed by atoms with Gasteiger partial charge in [-0.05, 0) is 69.0 Å². The van der Waals surface area contributed by atoms with E-state index in [9.17, 15) is 13.2 Å². The molecule has 1 N–H and O–H groups in total. The Balaban J connectivity index is 1.64. The third kappa shape index (κ3) is 4.34. The zero-order valence-corrected chi connectivity index (χ0v) is 23.8. The number of rotatable bonds is 6. The van der Waals surface area contributed by atoms with E-state index in [4.69, 9.17) is 9.47 Å². The van der Waals surface area contributed by atoms with Gasteiger partial charge in [-0.1, -0.05) is 17.7 Å². The number of ether oxygens (including phenoxy) is 2. The molecule has 0 unspecified atom stereocenters. The molecule has 0 radical (unpaired) electrons. The summed E-state index contributed by atoms with van der Waals surface area (Å²) >= 11 is 0. The van der Waals surface area contributed by atoms with E-state index < -0.39 is 10.0 Å². The Morgan fingerprint density at radius 1 is 0.923 bits per heavy atom. The molecule has 10 heteroatoms. The van der Waals surface area contributed by atoms with Crippen LogP contribution in [0.3, 0.4) is 0 Å². The molecular weight excluding hydrogens is 516 g/mol. The van der Waals surface area contributed by atoms with Crippen LogP contribution in [0.4, 0.5) is 0 Å². The lowest BCUT2D eigenvalue weighted by Crippen LogP contribution is -2.17. The number of benzene rings is 2. The number of hydrogen-bond acceptors (Lipinski definition) is 7. The van der Waals surface area contributed by atoms with Gasteiger partial charge in [-0.2, -0.15) is 0 Å². The van der Waals surface area contributed by atoms with Crippen LogP contribution in [0, 0.1) is 34.6 Å². The molecule has 0 aliphatic heterocycles. The lowest BCUT2D eigenvalue weighted by Gasteiger charge is -2.15. The zero-order valence-electron chi connectivity index (χ0n) is 23.0. The van der Waals surface area contributed by atoms with Crippen LogP contribution in [0.1, 0.15) is 39.3 Å². The van der Waals surface area contributed by atoms with E-state index >= 15 is 0 Å². The average Bonchev–Trinajstić information content (AvgIpc) is 3.12. The summed E-state index contributed by atoms with van der Waals surface area (Å²) in [7, 11) is -0.893. The van der Waals surface area contributed by atoms with Crippen LogP contribution in [0.15, 0.2) is 46.2 Å². The number of aryl methyl sites for hydroxylation is 4. The molecule has 9 nitrogen and oxygen atoms in total. The monoisotopic (exact) mass is 546 g/mol. The van der Waals surface area contributed by atoms with Crippen LogP contribution >= 0.6 is 0 Å². The number of methoxy groups -OCH3 is 2. The van der Waals surface area contributed by atoms with Crippen molar-refractivity contribution >= 4 is 32.0 Å². The van der Waals surface area contributed by atoms with Crippen molar-refractivity contribution in [2.45, 2.75) is 45.9 Å². The molecule has 3 aromatic heterocycles. The van der Waals surface area contributed by atoms with Gasteiger partial charge in [-0.25, -0.2) is 17.4 Å². The first kappa shape index (κ1) is 26.4. The van der Waals surface area contributed by atoms with E-state index in [1.807, 2.05) is 39.8 Å². The molecule has 2 aromatic carbocycles.